The van der Waals surface area contributed by atoms with E-state index in [1.165, 1.54) is 0 Å². The summed E-state index contributed by atoms with van der Waals surface area (Å²) in [6.45, 7) is 0. The van der Waals surface area contributed by atoms with Gasteiger partial charge in [0.05, 0.1) is 6.42 Å². The van der Waals surface area contributed by atoms with Crippen LogP contribution in [0.4, 0.5) is 0 Å². The molecule has 0 radical (unpaired) electrons. The van der Waals surface area contributed by atoms with E-state index in [1.807, 2.05) is 0 Å². The number of carboxylic acid groups (broad SMARTS) is 1. The molecule has 0 atom stereocenters. The van der Waals surface area contributed by atoms with Gasteiger partial charge in [0.25, 0.3) is 0 Å². The van der Waals surface area contributed by atoms with Crippen molar-refractivity contribution in [3.05, 3.63) is 0 Å². The molecule has 0 amide bonds. The normalized spacial score (nSPS) is 8.62. The summed E-state index contributed by atoms with van der Waals surface area (Å²) in [4.78, 5) is 19.7. The first-order valence-corrected chi connectivity index (χ1v) is 2.51. The number of carboxylic acids is 1. The summed E-state index contributed by atoms with van der Waals surface area (Å²) in [5.74, 6) is -0.965. The standard InChI is InChI=1S/C4H6O3S/c5-3(6)1-2-4(7)8/h1-2H2,(H,5,6)(H,7,8). The Labute approximate surface area is 52.1 Å². The van der Waals surface area contributed by atoms with Gasteiger partial charge in [-0.2, -0.15) is 0 Å². The van der Waals surface area contributed by atoms with Crippen molar-refractivity contribution in [2.45, 2.75) is 12.8 Å². The third-order valence-electron chi connectivity index (χ3n) is 0.553. The molecule has 0 spiro atoms. The highest BCUT2D eigenvalue weighted by Crippen LogP contribution is 1.92. The van der Waals surface area contributed by atoms with Crippen LogP contribution in [0.5, 0.6) is 0 Å². The first-order chi connectivity index (χ1) is 3.63. The smallest absolute Gasteiger partial charge is 0.303 e. The number of rotatable bonds is 3. The molecule has 1 N–H and O–H groups in total. The largest absolute Gasteiger partial charge is 0.481 e. The maximum Gasteiger partial charge on any atom is 0.303 e. The van der Waals surface area contributed by atoms with Crippen LogP contribution < -0.4 is 0 Å². The molecule has 0 saturated carbocycles. The quantitative estimate of drug-likeness (QED) is 0.546. The summed E-state index contributed by atoms with van der Waals surface area (Å²) >= 11 is 3.37. The summed E-state index contributed by atoms with van der Waals surface area (Å²) in [6, 6.07) is 0. The molecule has 0 saturated heterocycles. The predicted octanol–water partition coefficient (Wildman–Crippen LogP) is 0.308. The Bertz CT molecular complexity index is 95.9. The highest BCUT2D eigenvalue weighted by molar-refractivity contribution is 7.96. The molecule has 0 aliphatic heterocycles. The summed E-state index contributed by atoms with van der Waals surface area (Å²) in [6.07, 6.45) is -0.110. The van der Waals surface area contributed by atoms with Gasteiger partial charge in [0.1, 0.15) is 0 Å². The molecule has 0 aliphatic carbocycles. The van der Waals surface area contributed by atoms with Gasteiger partial charge in [-0.25, -0.2) is 0 Å². The van der Waals surface area contributed by atoms with Gasteiger partial charge in [0.15, 0.2) is 5.12 Å². The van der Waals surface area contributed by atoms with Crippen LogP contribution in [0.15, 0.2) is 0 Å². The molecule has 0 heterocycles. The molecule has 0 unspecified atom stereocenters. The molecule has 0 aromatic rings. The van der Waals surface area contributed by atoms with Gasteiger partial charge in [0.2, 0.25) is 0 Å². The number of carbonyl (C=O) groups is 2. The Morgan fingerprint density at radius 1 is 1.38 bits per heavy atom. The van der Waals surface area contributed by atoms with Gasteiger partial charge in [-0.05, 0) is 0 Å². The van der Waals surface area contributed by atoms with Gasteiger partial charge in [0, 0.05) is 6.42 Å². The maximum atomic E-state index is 9.95. The average molecular weight is 134 g/mol. The number of hydrogen-bond acceptors (Lipinski definition) is 2. The Hall–Kier alpha value is -0.510. The van der Waals surface area contributed by atoms with Gasteiger partial charge >= 0.3 is 5.97 Å². The van der Waals surface area contributed by atoms with Crippen molar-refractivity contribution in [3.8, 4) is 0 Å². The van der Waals surface area contributed by atoms with Gasteiger partial charge in [-0.1, -0.05) is 0 Å². The number of aliphatic carboxylic acids is 1. The highest BCUT2D eigenvalue weighted by Gasteiger charge is 1.98. The Kier molecular flexibility index (Phi) is 3.26. The summed E-state index contributed by atoms with van der Waals surface area (Å²) < 4.78 is 0. The zero-order valence-corrected chi connectivity index (χ0v) is 5.02. The lowest BCUT2D eigenvalue weighted by molar-refractivity contribution is -0.137. The van der Waals surface area contributed by atoms with Crippen molar-refractivity contribution in [2.75, 3.05) is 0 Å². The van der Waals surface area contributed by atoms with Crippen LogP contribution in [-0.4, -0.2) is 16.2 Å². The van der Waals surface area contributed by atoms with E-state index in [-0.39, 0.29) is 18.0 Å². The number of carbonyl (C=O) groups excluding carboxylic acids is 1. The van der Waals surface area contributed by atoms with Crippen molar-refractivity contribution in [1.82, 2.24) is 0 Å². The lowest BCUT2D eigenvalue weighted by Crippen LogP contribution is -1.96. The highest BCUT2D eigenvalue weighted by atomic mass is 32.1. The Balaban J connectivity index is 3.18. The summed E-state index contributed by atoms with van der Waals surface area (Å²) in [5.41, 5.74) is 0. The summed E-state index contributed by atoms with van der Waals surface area (Å²) in [5, 5.41) is 7.59. The maximum absolute atomic E-state index is 9.95. The minimum atomic E-state index is -0.965. The van der Waals surface area contributed by atoms with Gasteiger partial charge in [-0.15, -0.1) is 12.6 Å². The Morgan fingerprint density at radius 3 is 2.00 bits per heavy atom. The molecule has 46 valence electrons. The van der Waals surface area contributed by atoms with E-state index in [0.717, 1.165) is 0 Å². The molecule has 0 aromatic carbocycles. The lowest BCUT2D eigenvalue weighted by Gasteiger charge is -1.85. The second kappa shape index (κ2) is 3.49. The molecule has 0 aliphatic rings. The number of thiol groups is 1. The predicted molar refractivity (Wildman–Crippen MR) is 30.9 cm³/mol. The monoisotopic (exact) mass is 134 g/mol. The second-order valence-electron chi connectivity index (χ2n) is 1.29. The molecule has 0 fully saturated rings. The summed E-state index contributed by atoms with van der Waals surface area (Å²) in [7, 11) is 0. The van der Waals surface area contributed by atoms with E-state index in [9.17, 15) is 9.59 Å². The topological polar surface area (TPSA) is 54.4 Å². The zero-order chi connectivity index (χ0) is 6.57. The van der Waals surface area contributed by atoms with Crippen LogP contribution in [0.25, 0.3) is 0 Å². The van der Waals surface area contributed by atoms with Crippen LogP contribution in [0.1, 0.15) is 12.8 Å². The van der Waals surface area contributed by atoms with E-state index >= 15 is 0 Å². The van der Waals surface area contributed by atoms with E-state index in [4.69, 9.17) is 5.11 Å². The molecule has 4 heteroatoms. The third kappa shape index (κ3) is 5.49. The third-order valence-corrected chi connectivity index (χ3v) is 0.776. The van der Waals surface area contributed by atoms with E-state index in [0.29, 0.717) is 0 Å². The van der Waals surface area contributed by atoms with Crippen molar-refractivity contribution >= 4 is 23.7 Å². The van der Waals surface area contributed by atoms with E-state index in [2.05, 4.69) is 12.6 Å². The van der Waals surface area contributed by atoms with Crippen LogP contribution in [-0.2, 0) is 9.59 Å². The fourth-order valence-electron chi connectivity index (χ4n) is 0.214. The fraction of sp³-hybridized carbons (Fsp3) is 0.500. The van der Waals surface area contributed by atoms with Crippen molar-refractivity contribution in [1.29, 1.82) is 0 Å². The number of hydrogen-bond donors (Lipinski definition) is 2. The molecule has 3 nitrogen and oxygen atoms in total. The molecule has 8 heavy (non-hydrogen) atoms. The molecule has 0 bridgehead atoms. The fourth-order valence-corrected chi connectivity index (χ4v) is 0.326. The Morgan fingerprint density at radius 2 is 1.88 bits per heavy atom. The SMILES string of the molecule is O=C(O)CCC(=O)S. The molecule has 0 aromatic heterocycles. The van der Waals surface area contributed by atoms with Crippen LogP contribution in [0.3, 0.4) is 0 Å². The lowest BCUT2D eigenvalue weighted by atomic mass is 10.3. The molecular weight excluding hydrogens is 128 g/mol. The van der Waals surface area contributed by atoms with Crippen LogP contribution in [0.2, 0.25) is 0 Å². The second-order valence-corrected chi connectivity index (χ2v) is 1.79. The average Bonchev–Trinajstić information content (AvgIpc) is 1.61. The van der Waals surface area contributed by atoms with E-state index in [1.54, 1.807) is 0 Å². The van der Waals surface area contributed by atoms with Crippen LogP contribution in [0, 0.1) is 0 Å². The first kappa shape index (κ1) is 7.49. The molecular formula is C4H6O3S. The van der Waals surface area contributed by atoms with Crippen molar-refractivity contribution < 1.29 is 14.7 Å². The van der Waals surface area contributed by atoms with Crippen LogP contribution >= 0.6 is 12.6 Å². The first-order valence-electron chi connectivity index (χ1n) is 2.06. The minimum Gasteiger partial charge on any atom is -0.481 e. The minimum absolute atomic E-state index is 0.0123. The van der Waals surface area contributed by atoms with Crippen molar-refractivity contribution in [2.24, 2.45) is 0 Å². The van der Waals surface area contributed by atoms with Crippen molar-refractivity contribution in [3.63, 3.8) is 0 Å². The van der Waals surface area contributed by atoms with E-state index < -0.39 is 5.97 Å². The molecule has 0 rings (SSSR count). The van der Waals surface area contributed by atoms with Gasteiger partial charge < -0.3 is 5.11 Å². The zero-order valence-electron chi connectivity index (χ0n) is 4.13. The van der Waals surface area contributed by atoms with Gasteiger partial charge in [-0.3, -0.25) is 9.59 Å².